The molecule has 236 valence electrons. The van der Waals surface area contributed by atoms with Gasteiger partial charge in [0.2, 0.25) is 0 Å². The highest BCUT2D eigenvalue weighted by molar-refractivity contribution is 9.10. The van der Waals surface area contributed by atoms with Crippen molar-refractivity contribution in [3.8, 4) is 11.5 Å². The van der Waals surface area contributed by atoms with Crippen molar-refractivity contribution >= 4 is 49.4 Å². The Bertz CT molecular complexity index is 1310. The third kappa shape index (κ3) is 11.3. The van der Waals surface area contributed by atoms with Gasteiger partial charge in [0.1, 0.15) is 24.7 Å². The molecule has 2 atom stereocenters. The maximum atomic E-state index is 11.8. The van der Waals surface area contributed by atoms with E-state index in [9.17, 15) is 9.59 Å². The van der Waals surface area contributed by atoms with Crippen LogP contribution >= 0.6 is 15.9 Å². The van der Waals surface area contributed by atoms with Crippen molar-refractivity contribution in [3.63, 3.8) is 0 Å². The predicted molar refractivity (Wildman–Crippen MR) is 172 cm³/mol. The lowest BCUT2D eigenvalue weighted by atomic mass is 10.0. The molecule has 0 N–H and O–H groups in total. The lowest BCUT2D eigenvalue weighted by Crippen LogP contribution is -2.29. The Hall–Kier alpha value is -2.88. The van der Waals surface area contributed by atoms with E-state index in [-0.39, 0.29) is 38.4 Å². The van der Waals surface area contributed by atoms with Crippen LogP contribution in [-0.2, 0) is 28.5 Å². The number of rotatable bonds is 20. The minimum atomic E-state index is -0.558. The Morgan fingerprint density at radius 3 is 1.58 bits per heavy atom. The van der Waals surface area contributed by atoms with Crippen molar-refractivity contribution < 1.29 is 38.0 Å². The van der Waals surface area contributed by atoms with Gasteiger partial charge in [0.25, 0.3) is 0 Å². The zero-order valence-electron chi connectivity index (χ0n) is 25.8. The summed E-state index contributed by atoms with van der Waals surface area (Å²) in [6.45, 7) is 9.03. The fourth-order valence-corrected chi connectivity index (χ4v) is 5.14. The third-order valence-electron chi connectivity index (χ3n) is 6.77. The summed E-state index contributed by atoms with van der Waals surface area (Å²) in [6.07, 6.45) is 5.18. The molecule has 43 heavy (non-hydrogen) atoms. The molecule has 0 saturated carbocycles. The van der Waals surface area contributed by atoms with Gasteiger partial charge < -0.3 is 28.4 Å². The lowest BCUT2D eigenvalue weighted by molar-refractivity contribution is -0.152. The van der Waals surface area contributed by atoms with Gasteiger partial charge in [-0.15, -0.1) is 0 Å². The van der Waals surface area contributed by atoms with E-state index in [1.54, 1.807) is 0 Å². The summed E-state index contributed by atoms with van der Waals surface area (Å²) in [4.78, 5) is 23.6. The molecule has 0 spiro atoms. The molecule has 2 unspecified atom stereocenters. The van der Waals surface area contributed by atoms with E-state index < -0.39 is 12.2 Å². The second-order valence-corrected chi connectivity index (χ2v) is 11.5. The van der Waals surface area contributed by atoms with Crippen LogP contribution in [0.4, 0.5) is 0 Å². The maximum Gasteiger partial charge on any atom is 0.303 e. The highest BCUT2D eigenvalue weighted by Crippen LogP contribution is 2.43. The molecule has 0 aliphatic rings. The van der Waals surface area contributed by atoms with Gasteiger partial charge in [-0.05, 0) is 31.0 Å². The quantitative estimate of drug-likeness (QED) is 0.0689. The first kappa shape index (κ1) is 34.6. The SMILES string of the molecule is CCCCCOCC(COc1c2ccccc2c(OCC(COCCCCC)OC(C)=O)c2cc(Br)ccc12)OC(C)=O. The van der Waals surface area contributed by atoms with Crippen LogP contribution in [-0.4, -0.2) is 63.8 Å². The fourth-order valence-electron chi connectivity index (χ4n) is 4.77. The summed E-state index contributed by atoms with van der Waals surface area (Å²) in [6, 6.07) is 13.7. The standard InChI is InChI=1S/C34H45BrO8/c1-5-7-11-17-38-20-27(42-24(3)36)22-40-33-29-13-9-10-14-30(29)34(32-19-26(35)15-16-31(32)33)41-23-28(43-25(4)37)21-39-18-12-8-6-2/h9-10,13-16,19,27-28H,5-8,11-12,17-18,20-23H2,1-4H3. The summed E-state index contributed by atoms with van der Waals surface area (Å²) < 4.78 is 36.4. The zero-order chi connectivity index (χ0) is 31.0. The first-order valence-corrected chi connectivity index (χ1v) is 16.0. The minimum Gasteiger partial charge on any atom is -0.488 e. The molecule has 3 aromatic carbocycles. The number of unbranched alkanes of at least 4 members (excludes halogenated alkanes) is 4. The van der Waals surface area contributed by atoms with E-state index in [1.165, 1.54) is 13.8 Å². The van der Waals surface area contributed by atoms with Crippen LogP contribution in [0.25, 0.3) is 21.5 Å². The van der Waals surface area contributed by atoms with E-state index in [0.717, 1.165) is 64.5 Å². The molecule has 3 rings (SSSR count). The zero-order valence-corrected chi connectivity index (χ0v) is 27.4. The van der Waals surface area contributed by atoms with Crippen molar-refractivity contribution in [2.75, 3.05) is 39.6 Å². The summed E-state index contributed by atoms with van der Waals surface area (Å²) >= 11 is 3.60. The monoisotopic (exact) mass is 660 g/mol. The van der Waals surface area contributed by atoms with Gasteiger partial charge >= 0.3 is 11.9 Å². The van der Waals surface area contributed by atoms with E-state index in [4.69, 9.17) is 28.4 Å². The summed E-state index contributed by atoms with van der Waals surface area (Å²) in [5.74, 6) is 0.538. The minimum absolute atomic E-state index is 0.128. The smallest absolute Gasteiger partial charge is 0.303 e. The first-order valence-electron chi connectivity index (χ1n) is 15.2. The van der Waals surface area contributed by atoms with E-state index in [1.807, 2.05) is 42.5 Å². The highest BCUT2D eigenvalue weighted by Gasteiger charge is 2.21. The van der Waals surface area contributed by atoms with Crippen LogP contribution < -0.4 is 9.47 Å². The Morgan fingerprint density at radius 2 is 1.12 bits per heavy atom. The van der Waals surface area contributed by atoms with Crippen LogP contribution in [0.15, 0.2) is 46.9 Å². The number of carbonyl (C=O) groups is 2. The molecule has 0 radical (unpaired) electrons. The predicted octanol–water partition coefficient (Wildman–Crippen LogP) is 7.79. The topological polar surface area (TPSA) is 89.5 Å². The average molecular weight is 662 g/mol. The van der Waals surface area contributed by atoms with Gasteiger partial charge in [0, 0.05) is 53.1 Å². The van der Waals surface area contributed by atoms with Crippen molar-refractivity contribution in [3.05, 3.63) is 46.9 Å². The van der Waals surface area contributed by atoms with Gasteiger partial charge in [0.05, 0.1) is 13.2 Å². The van der Waals surface area contributed by atoms with Crippen LogP contribution in [0.5, 0.6) is 11.5 Å². The summed E-state index contributed by atoms with van der Waals surface area (Å²) in [5.41, 5.74) is 0. The van der Waals surface area contributed by atoms with Crippen molar-refractivity contribution in [1.29, 1.82) is 0 Å². The number of carbonyl (C=O) groups excluding carboxylic acids is 2. The van der Waals surface area contributed by atoms with E-state index >= 15 is 0 Å². The normalized spacial score (nSPS) is 12.7. The lowest BCUT2D eigenvalue weighted by Gasteiger charge is -2.22. The van der Waals surface area contributed by atoms with Crippen LogP contribution in [0.1, 0.15) is 66.2 Å². The first-order chi connectivity index (χ1) is 20.8. The molecule has 0 heterocycles. The number of hydrogen-bond acceptors (Lipinski definition) is 8. The second-order valence-electron chi connectivity index (χ2n) is 10.5. The summed E-state index contributed by atoms with van der Waals surface area (Å²) in [7, 11) is 0. The number of halogens is 1. The summed E-state index contributed by atoms with van der Waals surface area (Å²) in [5, 5.41) is 3.35. The molecule has 0 amide bonds. The Morgan fingerprint density at radius 1 is 0.651 bits per heavy atom. The van der Waals surface area contributed by atoms with E-state index in [2.05, 4.69) is 29.8 Å². The van der Waals surface area contributed by atoms with Crippen LogP contribution in [0.2, 0.25) is 0 Å². The van der Waals surface area contributed by atoms with Gasteiger partial charge in [-0.2, -0.15) is 0 Å². The molecule has 0 aliphatic carbocycles. The number of ether oxygens (including phenoxy) is 6. The van der Waals surface area contributed by atoms with Crippen molar-refractivity contribution in [1.82, 2.24) is 0 Å². The van der Waals surface area contributed by atoms with Gasteiger partial charge in [0.15, 0.2) is 12.2 Å². The van der Waals surface area contributed by atoms with Crippen molar-refractivity contribution in [2.45, 2.75) is 78.4 Å². The molecule has 0 saturated heterocycles. The molecule has 9 heteroatoms. The Balaban J connectivity index is 1.88. The molecule has 0 bridgehead atoms. The molecule has 0 aliphatic heterocycles. The van der Waals surface area contributed by atoms with Gasteiger partial charge in [-0.1, -0.05) is 79.7 Å². The Labute approximate surface area is 263 Å². The molecular formula is C34H45BrO8. The molecular weight excluding hydrogens is 616 g/mol. The van der Waals surface area contributed by atoms with Crippen LogP contribution in [0.3, 0.4) is 0 Å². The number of benzene rings is 3. The highest BCUT2D eigenvalue weighted by atomic mass is 79.9. The largest absolute Gasteiger partial charge is 0.488 e. The molecule has 0 aromatic heterocycles. The average Bonchev–Trinajstić information content (AvgIpc) is 2.97. The number of fused-ring (bicyclic) bond motifs is 2. The van der Waals surface area contributed by atoms with Gasteiger partial charge in [-0.3, -0.25) is 9.59 Å². The molecule has 0 fully saturated rings. The number of hydrogen-bond donors (Lipinski definition) is 0. The van der Waals surface area contributed by atoms with Crippen molar-refractivity contribution in [2.24, 2.45) is 0 Å². The molecule has 8 nitrogen and oxygen atoms in total. The van der Waals surface area contributed by atoms with Gasteiger partial charge in [-0.25, -0.2) is 0 Å². The Kier molecular flexibility index (Phi) is 15.1. The number of esters is 2. The van der Waals surface area contributed by atoms with E-state index in [0.29, 0.717) is 24.7 Å². The maximum absolute atomic E-state index is 11.8. The third-order valence-corrected chi connectivity index (χ3v) is 7.26. The fraction of sp³-hybridized carbons (Fsp3) is 0.529. The van der Waals surface area contributed by atoms with Crippen LogP contribution in [0, 0.1) is 0 Å². The molecule has 3 aromatic rings. The second kappa shape index (κ2) is 18.7.